The molecule has 1 aliphatic rings. The van der Waals surface area contributed by atoms with Crippen LogP contribution in [0.15, 0.2) is 53.9 Å². The minimum Gasteiger partial charge on any atom is -0.488 e. The largest absolute Gasteiger partial charge is 0.488 e. The van der Waals surface area contributed by atoms with Gasteiger partial charge in [-0.1, -0.05) is 36.4 Å². The molecule has 20 heavy (non-hydrogen) atoms. The molecule has 3 aromatic rings. The molecule has 0 aliphatic carbocycles. The molecule has 0 amide bonds. The average molecular weight is 281 g/mol. The Hall–Kier alpha value is -1.84. The van der Waals surface area contributed by atoms with Crippen molar-refractivity contribution in [2.75, 3.05) is 0 Å². The molecule has 0 spiro atoms. The standard InChI is InChI=1S/C17H15NOS/c18-16(13-6-3-5-11-8-9-20-17(11)13)15-10-12-4-1-2-7-14(12)19-15/h1-9,15-16H,10,18H2. The van der Waals surface area contributed by atoms with E-state index in [2.05, 4.69) is 41.8 Å². The molecule has 2 nitrogen and oxygen atoms in total. The van der Waals surface area contributed by atoms with Crippen LogP contribution in [0.25, 0.3) is 10.1 Å². The van der Waals surface area contributed by atoms with E-state index in [-0.39, 0.29) is 12.1 Å². The van der Waals surface area contributed by atoms with Gasteiger partial charge in [-0.05, 0) is 34.0 Å². The van der Waals surface area contributed by atoms with Crippen LogP contribution in [0.5, 0.6) is 5.75 Å². The first kappa shape index (κ1) is 11.9. The summed E-state index contributed by atoms with van der Waals surface area (Å²) in [6.07, 6.45) is 0.916. The summed E-state index contributed by atoms with van der Waals surface area (Å²) in [5.41, 5.74) is 8.93. The normalized spacial score (nSPS) is 18.8. The predicted octanol–water partition coefficient (Wildman–Crippen LogP) is 3.90. The summed E-state index contributed by atoms with van der Waals surface area (Å²) in [5, 5.41) is 3.38. The van der Waals surface area contributed by atoms with E-state index in [1.807, 2.05) is 12.1 Å². The molecule has 1 aromatic heterocycles. The molecule has 2 N–H and O–H groups in total. The van der Waals surface area contributed by atoms with E-state index < -0.39 is 0 Å². The highest BCUT2D eigenvalue weighted by Crippen LogP contribution is 2.36. The van der Waals surface area contributed by atoms with Gasteiger partial charge in [-0.25, -0.2) is 0 Å². The second kappa shape index (κ2) is 4.62. The monoisotopic (exact) mass is 281 g/mol. The fraction of sp³-hybridized carbons (Fsp3) is 0.176. The third kappa shape index (κ3) is 1.82. The van der Waals surface area contributed by atoms with Gasteiger partial charge >= 0.3 is 0 Å². The lowest BCUT2D eigenvalue weighted by Crippen LogP contribution is -2.30. The fourth-order valence-electron chi connectivity index (χ4n) is 2.89. The van der Waals surface area contributed by atoms with Crippen molar-refractivity contribution in [3.05, 3.63) is 65.0 Å². The van der Waals surface area contributed by atoms with E-state index in [1.165, 1.54) is 21.2 Å². The zero-order valence-corrected chi connectivity index (χ0v) is 11.8. The number of hydrogen-bond acceptors (Lipinski definition) is 3. The first-order chi connectivity index (χ1) is 9.83. The SMILES string of the molecule is NC(c1cccc2ccsc12)C1Cc2ccccc2O1. The lowest BCUT2D eigenvalue weighted by atomic mass is 9.98. The molecular formula is C17H15NOS. The Balaban J connectivity index is 1.69. The van der Waals surface area contributed by atoms with Crippen molar-refractivity contribution in [3.63, 3.8) is 0 Å². The number of thiophene rings is 1. The summed E-state index contributed by atoms with van der Waals surface area (Å²) in [6, 6.07) is 16.6. The zero-order valence-electron chi connectivity index (χ0n) is 11.0. The van der Waals surface area contributed by atoms with Crippen molar-refractivity contribution in [2.45, 2.75) is 18.6 Å². The van der Waals surface area contributed by atoms with Gasteiger partial charge < -0.3 is 10.5 Å². The lowest BCUT2D eigenvalue weighted by molar-refractivity contribution is 0.200. The molecule has 3 heteroatoms. The van der Waals surface area contributed by atoms with Crippen LogP contribution in [0.4, 0.5) is 0 Å². The molecule has 2 heterocycles. The maximum atomic E-state index is 6.49. The van der Waals surface area contributed by atoms with Gasteiger partial charge in [0.1, 0.15) is 11.9 Å². The molecule has 2 atom stereocenters. The van der Waals surface area contributed by atoms with Gasteiger partial charge in [0.2, 0.25) is 0 Å². The first-order valence-electron chi connectivity index (χ1n) is 6.79. The molecule has 0 bridgehead atoms. The maximum absolute atomic E-state index is 6.49. The van der Waals surface area contributed by atoms with Gasteiger partial charge in [0.05, 0.1) is 6.04 Å². The Kier molecular flexibility index (Phi) is 2.76. The summed E-state index contributed by atoms with van der Waals surface area (Å²) < 4.78 is 7.31. The van der Waals surface area contributed by atoms with Crippen molar-refractivity contribution < 1.29 is 4.74 Å². The first-order valence-corrected chi connectivity index (χ1v) is 7.67. The number of fused-ring (bicyclic) bond motifs is 2. The van der Waals surface area contributed by atoms with Crippen LogP contribution in [0, 0.1) is 0 Å². The highest BCUT2D eigenvalue weighted by Gasteiger charge is 2.29. The Labute approximate surface area is 121 Å². The van der Waals surface area contributed by atoms with Crippen molar-refractivity contribution in [3.8, 4) is 5.75 Å². The van der Waals surface area contributed by atoms with E-state index in [4.69, 9.17) is 10.5 Å². The zero-order chi connectivity index (χ0) is 13.5. The number of benzene rings is 2. The van der Waals surface area contributed by atoms with Crippen LogP contribution in [0.3, 0.4) is 0 Å². The van der Waals surface area contributed by atoms with Crippen LogP contribution >= 0.6 is 11.3 Å². The second-order valence-electron chi connectivity index (χ2n) is 5.18. The highest BCUT2D eigenvalue weighted by molar-refractivity contribution is 7.17. The number of ether oxygens (including phenoxy) is 1. The summed E-state index contributed by atoms with van der Waals surface area (Å²) in [6.45, 7) is 0. The molecular weight excluding hydrogens is 266 g/mol. The van der Waals surface area contributed by atoms with E-state index in [9.17, 15) is 0 Å². The third-order valence-electron chi connectivity index (χ3n) is 3.94. The van der Waals surface area contributed by atoms with E-state index in [0.717, 1.165) is 12.2 Å². The van der Waals surface area contributed by atoms with Crippen LogP contribution in [-0.2, 0) is 6.42 Å². The van der Waals surface area contributed by atoms with Crippen LogP contribution in [-0.4, -0.2) is 6.10 Å². The summed E-state index contributed by atoms with van der Waals surface area (Å²) in [4.78, 5) is 0. The van der Waals surface area contributed by atoms with Gasteiger partial charge in [0.15, 0.2) is 0 Å². The molecule has 100 valence electrons. The Morgan fingerprint density at radius 3 is 2.90 bits per heavy atom. The van der Waals surface area contributed by atoms with Gasteiger partial charge in [-0.2, -0.15) is 0 Å². The molecule has 0 radical (unpaired) electrons. The van der Waals surface area contributed by atoms with Gasteiger partial charge in [0, 0.05) is 11.1 Å². The van der Waals surface area contributed by atoms with Crippen molar-refractivity contribution in [1.82, 2.24) is 0 Å². The van der Waals surface area contributed by atoms with Crippen LogP contribution in [0.1, 0.15) is 17.2 Å². The van der Waals surface area contributed by atoms with E-state index in [0.29, 0.717) is 0 Å². The quantitative estimate of drug-likeness (QED) is 0.773. The molecule has 2 unspecified atom stereocenters. The third-order valence-corrected chi connectivity index (χ3v) is 4.92. The maximum Gasteiger partial charge on any atom is 0.123 e. The predicted molar refractivity (Wildman–Crippen MR) is 83.3 cm³/mol. The highest BCUT2D eigenvalue weighted by atomic mass is 32.1. The minimum absolute atomic E-state index is 0.0279. The number of rotatable bonds is 2. The number of hydrogen-bond donors (Lipinski definition) is 1. The van der Waals surface area contributed by atoms with Crippen molar-refractivity contribution >= 4 is 21.4 Å². The number of para-hydroxylation sites is 1. The van der Waals surface area contributed by atoms with Gasteiger partial charge in [0.25, 0.3) is 0 Å². The Morgan fingerprint density at radius 2 is 2.00 bits per heavy atom. The molecule has 4 rings (SSSR count). The summed E-state index contributed by atoms with van der Waals surface area (Å²) in [7, 11) is 0. The molecule has 0 fully saturated rings. The average Bonchev–Trinajstić information content (AvgIpc) is 3.12. The van der Waals surface area contributed by atoms with E-state index in [1.54, 1.807) is 11.3 Å². The van der Waals surface area contributed by atoms with Gasteiger partial charge in [-0.15, -0.1) is 11.3 Å². The Morgan fingerprint density at radius 1 is 1.10 bits per heavy atom. The summed E-state index contributed by atoms with van der Waals surface area (Å²) in [5.74, 6) is 0.978. The topological polar surface area (TPSA) is 35.2 Å². The molecule has 0 saturated carbocycles. The Bertz CT molecular complexity index is 739. The smallest absolute Gasteiger partial charge is 0.123 e. The van der Waals surface area contributed by atoms with Gasteiger partial charge in [-0.3, -0.25) is 0 Å². The van der Waals surface area contributed by atoms with Crippen LogP contribution in [0.2, 0.25) is 0 Å². The molecule has 1 aliphatic heterocycles. The second-order valence-corrected chi connectivity index (χ2v) is 6.10. The van der Waals surface area contributed by atoms with Crippen molar-refractivity contribution in [2.24, 2.45) is 5.73 Å². The van der Waals surface area contributed by atoms with Crippen molar-refractivity contribution in [1.29, 1.82) is 0 Å². The fourth-order valence-corrected chi connectivity index (χ4v) is 3.85. The molecule has 2 aromatic carbocycles. The lowest BCUT2D eigenvalue weighted by Gasteiger charge is -2.20. The van der Waals surface area contributed by atoms with E-state index >= 15 is 0 Å². The van der Waals surface area contributed by atoms with Crippen LogP contribution < -0.4 is 10.5 Å². The number of nitrogens with two attached hydrogens (primary N) is 1. The minimum atomic E-state index is -0.0928. The molecule has 0 saturated heterocycles. The summed E-state index contributed by atoms with van der Waals surface area (Å²) >= 11 is 1.75.